The summed E-state index contributed by atoms with van der Waals surface area (Å²) >= 11 is 1.58. The van der Waals surface area contributed by atoms with E-state index in [4.69, 9.17) is 9.47 Å². The molecule has 0 aromatic heterocycles. The Morgan fingerprint density at radius 1 is 0.970 bits per heavy atom. The van der Waals surface area contributed by atoms with E-state index in [1.807, 2.05) is 55.1 Å². The number of methoxy groups -OCH3 is 2. The average molecular weight is 463 g/mol. The third-order valence-corrected chi connectivity index (χ3v) is 6.65. The monoisotopic (exact) mass is 462 g/mol. The van der Waals surface area contributed by atoms with Crippen molar-refractivity contribution in [3.05, 3.63) is 82.9 Å². The maximum atomic E-state index is 13.1. The molecule has 1 atom stereocenters. The lowest BCUT2D eigenvalue weighted by Gasteiger charge is -2.25. The predicted octanol–water partition coefficient (Wildman–Crippen LogP) is 5.35. The Balaban J connectivity index is 1.63. The van der Waals surface area contributed by atoms with E-state index < -0.39 is 0 Å². The Morgan fingerprint density at radius 3 is 2.24 bits per heavy atom. The highest BCUT2D eigenvalue weighted by Crippen LogP contribution is 2.42. The van der Waals surface area contributed by atoms with Crippen LogP contribution in [0.15, 0.2) is 60.7 Å². The van der Waals surface area contributed by atoms with Crippen molar-refractivity contribution in [2.75, 3.05) is 30.2 Å². The topological polar surface area (TPSA) is 67.9 Å². The van der Waals surface area contributed by atoms with Gasteiger partial charge in [-0.25, -0.2) is 0 Å². The number of ether oxygens (including phenoxy) is 2. The van der Waals surface area contributed by atoms with Gasteiger partial charge in [-0.3, -0.25) is 14.5 Å². The smallest absolute Gasteiger partial charge is 0.263 e. The van der Waals surface area contributed by atoms with Gasteiger partial charge in [-0.2, -0.15) is 0 Å². The van der Waals surface area contributed by atoms with Crippen molar-refractivity contribution < 1.29 is 19.1 Å². The number of anilines is 2. The molecule has 0 saturated carbocycles. The summed E-state index contributed by atoms with van der Waals surface area (Å²) in [5.41, 5.74) is 5.01. The molecule has 1 aliphatic heterocycles. The molecule has 0 spiro atoms. The summed E-state index contributed by atoms with van der Waals surface area (Å²) in [6.07, 6.45) is 0. The first-order valence-electron chi connectivity index (χ1n) is 10.6. The van der Waals surface area contributed by atoms with Gasteiger partial charge < -0.3 is 14.8 Å². The van der Waals surface area contributed by atoms with E-state index in [9.17, 15) is 9.59 Å². The molecule has 3 aromatic carbocycles. The standard InChI is InChI=1S/C26H26N2O4S/c1-16-11-17(2)13-20(12-16)28-23(29)15-33-26(28)18-7-5-8-19(14-18)27-25(30)24-21(31-3)9-6-10-22(24)32-4/h5-14,26H,15H2,1-4H3,(H,27,30). The maximum Gasteiger partial charge on any atom is 0.263 e. The first-order valence-corrected chi connectivity index (χ1v) is 11.6. The van der Waals surface area contributed by atoms with Gasteiger partial charge in [0.15, 0.2) is 0 Å². The first-order chi connectivity index (χ1) is 15.9. The largest absolute Gasteiger partial charge is 0.496 e. The number of carbonyl (C=O) groups is 2. The Bertz CT molecular complexity index is 1170. The van der Waals surface area contributed by atoms with Crippen LogP contribution < -0.4 is 19.7 Å². The van der Waals surface area contributed by atoms with Gasteiger partial charge in [-0.15, -0.1) is 11.8 Å². The molecule has 0 bridgehead atoms. The highest BCUT2D eigenvalue weighted by atomic mass is 32.2. The summed E-state index contributed by atoms with van der Waals surface area (Å²) in [5, 5.41) is 2.77. The van der Waals surface area contributed by atoms with Gasteiger partial charge in [0.2, 0.25) is 5.91 Å². The number of nitrogens with one attached hydrogen (secondary N) is 1. The van der Waals surface area contributed by atoms with Crippen LogP contribution in [0.4, 0.5) is 11.4 Å². The van der Waals surface area contributed by atoms with Gasteiger partial charge in [0.05, 0.1) is 20.0 Å². The van der Waals surface area contributed by atoms with Crippen molar-refractivity contribution in [1.29, 1.82) is 0 Å². The quantitative estimate of drug-likeness (QED) is 0.535. The van der Waals surface area contributed by atoms with Gasteiger partial charge in [0.25, 0.3) is 5.91 Å². The zero-order valence-electron chi connectivity index (χ0n) is 19.0. The number of hydrogen-bond donors (Lipinski definition) is 1. The second-order valence-corrected chi connectivity index (χ2v) is 8.96. The van der Waals surface area contributed by atoms with Crippen LogP contribution in [0.2, 0.25) is 0 Å². The predicted molar refractivity (Wildman–Crippen MR) is 133 cm³/mol. The highest BCUT2D eigenvalue weighted by molar-refractivity contribution is 8.00. The van der Waals surface area contributed by atoms with E-state index in [0.717, 1.165) is 22.4 Å². The first kappa shape index (κ1) is 22.7. The van der Waals surface area contributed by atoms with Crippen LogP contribution in [0.5, 0.6) is 11.5 Å². The third-order valence-electron chi connectivity index (χ3n) is 5.44. The van der Waals surface area contributed by atoms with Crippen LogP contribution in [-0.2, 0) is 4.79 Å². The highest BCUT2D eigenvalue weighted by Gasteiger charge is 2.34. The molecular formula is C26H26N2O4S. The van der Waals surface area contributed by atoms with E-state index >= 15 is 0 Å². The van der Waals surface area contributed by atoms with E-state index in [0.29, 0.717) is 28.5 Å². The SMILES string of the molecule is COc1cccc(OC)c1C(=O)Nc1cccc(C2SCC(=O)N2c2cc(C)cc(C)c2)c1. The molecule has 6 nitrogen and oxygen atoms in total. The van der Waals surface area contributed by atoms with Gasteiger partial charge in [-0.1, -0.05) is 24.3 Å². The van der Waals surface area contributed by atoms with Crippen LogP contribution in [0.1, 0.15) is 32.4 Å². The Hall–Kier alpha value is -3.45. The molecule has 170 valence electrons. The minimum Gasteiger partial charge on any atom is -0.496 e. The second-order valence-electron chi connectivity index (χ2n) is 7.89. The number of nitrogens with zero attached hydrogens (tertiary/aromatic N) is 1. The maximum absolute atomic E-state index is 13.1. The van der Waals surface area contributed by atoms with Crippen molar-refractivity contribution in [3.8, 4) is 11.5 Å². The Morgan fingerprint density at radius 2 is 1.61 bits per heavy atom. The van der Waals surface area contributed by atoms with Crippen LogP contribution in [0, 0.1) is 13.8 Å². The molecule has 1 N–H and O–H groups in total. The molecule has 4 rings (SSSR count). The fourth-order valence-electron chi connectivity index (χ4n) is 4.08. The fraction of sp³-hybridized carbons (Fsp3) is 0.231. The molecule has 0 radical (unpaired) electrons. The van der Waals surface area contributed by atoms with Crippen molar-refractivity contribution in [3.63, 3.8) is 0 Å². The number of rotatable bonds is 6. The lowest BCUT2D eigenvalue weighted by atomic mass is 10.1. The zero-order chi connectivity index (χ0) is 23.5. The number of carbonyl (C=O) groups excluding carboxylic acids is 2. The number of amides is 2. The lowest BCUT2D eigenvalue weighted by Crippen LogP contribution is -2.28. The Kier molecular flexibility index (Phi) is 6.60. The zero-order valence-corrected chi connectivity index (χ0v) is 19.9. The minimum atomic E-state index is -0.331. The summed E-state index contributed by atoms with van der Waals surface area (Å²) in [5.74, 6) is 1.01. The molecule has 1 saturated heterocycles. The molecule has 1 heterocycles. The van der Waals surface area contributed by atoms with Crippen LogP contribution >= 0.6 is 11.8 Å². The molecular weight excluding hydrogens is 436 g/mol. The molecule has 0 aliphatic carbocycles. The van der Waals surface area contributed by atoms with Crippen molar-refractivity contribution in [1.82, 2.24) is 0 Å². The van der Waals surface area contributed by atoms with Gasteiger partial charge in [0.1, 0.15) is 22.4 Å². The van der Waals surface area contributed by atoms with Gasteiger partial charge in [-0.05, 0) is 66.9 Å². The lowest BCUT2D eigenvalue weighted by molar-refractivity contribution is -0.115. The summed E-state index contributed by atoms with van der Waals surface area (Å²) < 4.78 is 10.7. The molecule has 2 amide bonds. The van der Waals surface area contributed by atoms with Crippen LogP contribution in [0.3, 0.4) is 0 Å². The van der Waals surface area contributed by atoms with Crippen LogP contribution in [-0.4, -0.2) is 31.8 Å². The number of hydrogen-bond acceptors (Lipinski definition) is 5. The second kappa shape index (κ2) is 9.58. The molecule has 1 aliphatic rings. The Labute approximate surface area is 197 Å². The summed E-state index contributed by atoms with van der Waals surface area (Å²) in [6, 6.07) is 19.0. The van der Waals surface area contributed by atoms with Gasteiger partial charge in [0, 0.05) is 11.4 Å². The van der Waals surface area contributed by atoms with Crippen molar-refractivity contribution >= 4 is 35.0 Å². The number of benzene rings is 3. The van der Waals surface area contributed by atoms with E-state index in [-0.39, 0.29) is 17.2 Å². The summed E-state index contributed by atoms with van der Waals surface area (Å²) in [6.45, 7) is 4.06. The van der Waals surface area contributed by atoms with Crippen molar-refractivity contribution in [2.45, 2.75) is 19.2 Å². The molecule has 7 heteroatoms. The normalized spacial score (nSPS) is 15.5. The summed E-state index contributed by atoms with van der Waals surface area (Å²) in [7, 11) is 3.03. The molecule has 1 fully saturated rings. The average Bonchev–Trinajstić information content (AvgIpc) is 3.19. The summed E-state index contributed by atoms with van der Waals surface area (Å²) in [4.78, 5) is 27.7. The van der Waals surface area contributed by atoms with E-state index in [2.05, 4.69) is 11.4 Å². The van der Waals surface area contributed by atoms with E-state index in [1.165, 1.54) is 14.2 Å². The van der Waals surface area contributed by atoms with Gasteiger partial charge >= 0.3 is 0 Å². The minimum absolute atomic E-state index is 0.0724. The van der Waals surface area contributed by atoms with E-state index in [1.54, 1.807) is 30.0 Å². The van der Waals surface area contributed by atoms with Crippen molar-refractivity contribution in [2.24, 2.45) is 0 Å². The number of thioether (sulfide) groups is 1. The number of aryl methyl sites for hydroxylation is 2. The molecule has 1 unspecified atom stereocenters. The molecule has 33 heavy (non-hydrogen) atoms. The fourth-order valence-corrected chi connectivity index (χ4v) is 5.25. The third kappa shape index (κ3) is 4.68. The van der Waals surface area contributed by atoms with Crippen LogP contribution in [0.25, 0.3) is 0 Å². The molecule has 3 aromatic rings.